The fourth-order valence-electron chi connectivity index (χ4n) is 2.33. The summed E-state index contributed by atoms with van der Waals surface area (Å²) < 4.78 is 11.0. The number of methoxy groups -OCH3 is 1. The zero-order valence-electron chi connectivity index (χ0n) is 13.7. The van der Waals surface area contributed by atoms with E-state index >= 15 is 0 Å². The van der Waals surface area contributed by atoms with Crippen LogP contribution in [0.15, 0.2) is 47.6 Å². The van der Waals surface area contributed by atoms with Crippen molar-refractivity contribution in [2.45, 2.75) is 0 Å². The molecule has 8 heteroatoms. The molecule has 1 aliphatic rings. The van der Waals surface area contributed by atoms with E-state index in [0.29, 0.717) is 26.4 Å². The molecule has 3 rings (SSSR count). The number of nitrogens with zero attached hydrogens (tertiary/aromatic N) is 3. The molecule has 1 fully saturated rings. The van der Waals surface area contributed by atoms with Crippen molar-refractivity contribution in [1.29, 1.82) is 5.26 Å². The monoisotopic (exact) mass is 383 g/mol. The predicted octanol–water partition coefficient (Wildman–Crippen LogP) is 3.40. The zero-order valence-corrected chi connectivity index (χ0v) is 15.3. The quantitative estimate of drug-likeness (QED) is 0.578. The van der Waals surface area contributed by atoms with Crippen LogP contribution in [-0.4, -0.2) is 28.9 Å². The van der Waals surface area contributed by atoms with Crippen molar-refractivity contribution >= 4 is 46.0 Å². The second kappa shape index (κ2) is 7.99. The van der Waals surface area contributed by atoms with Gasteiger partial charge >= 0.3 is 0 Å². The molecule has 0 unspecified atom stereocenters. The second-order valence-electron chi connectivity index (χ2n) is 5.09. The molecule has 1 amide bonds. The first-order valence-electron chi connectivity index (χ1n) is 7.50. The SMILES string of the molecule is COc1cc(/C=C2\SC(=S)N(c3cccnc3)C2=O)ccc1OCC#N. The van der Waals surface area contributed by atoms with E-state index in [-0.39, 0.29) is 12.5 Å². The molecule has 0 bridgehead atoms. The van der Waals surface area contributed by atoms with Gasteiger partial charge in [-0.1, -0.05) is 30.0 Å². The van der Waals surface area contributed by atoms with Crippen molar-refractivity contribution < 1.29 is 14.3 Å². The fourth-order valence-corrected chi connectivity index (χ4v) is 3.63. The number of hydrogen-bond donors (Lipinski definition) is 0. The van der Waals surface area contributed by atoms with E-state index in [1.54, 1.807) is 48.8 Å². The minimum absolute atomic E-state index is 0.0700. The molecular formula is C18H13N3O3S2. The molecule has 1 aromatic heterocycles. The third-order valence-electron chi connectivity index (χ3n) is 3.48. The predicted molar refractivity (Wildman–Crippen MR) is 104 cm³/mol. The van der Waals surface area contributed by atoms with Gasteiger partial charge in [0, 0.05) is 6.20 Å². The lowest BCUT2D eigenvalue weighted by molar-refractivity contribution is -0.113. The van der Waals surface area contributed by atoms with Crippen LogP contribution in [0.1, 0.15) is 5.56 Å². The minimum Gasteiger partial charge on any atom is -0.493 e. The van der Waals surface area contributed by atoms with Gasteiger partial charge in [-0.05, 0) is 35.9 Å². The number of thioether (sulfide) groups is 1. The molecule has 2 heterocycles. The van der Waals surface area contributed by atoms with E-state index < -0.39 is 0 Å². The lowest BCUT2D eigenvalue weighted by atomic mass is 10.2. The standard InChI is InChI=1S/C18H13N3O3S2/c1-23-15-9-12(4-5-14(15)24-8-6-19)10-16-17(22)21(18(25)26-16)13-3-2-7-20-11-13/h2-5,7,9-11H,8H2,1H3/b16-10-. The van der Waals surface area contributed by atoms with Crippen LogP contribution in [0.3, 0.4) is 0 Å². The maximum Gasteiger partial charge on any atom is 0.270 e. The number of hydrogen-bond acceptors (Lipinski definition) is 7. The summed E-state index contributed by atoms with van der Waals surface area (Å²) in [5.74, 6) is 0.752. The minimum atomic E-state index is -0.197. The van der Waals surface area contributed by atoms with E-state index in [4.69, 9.17) is 27.0 Å². The normalized spacial score (nSPS) is 15.2. The van der Waals surface area contributed by atoms with E-state index in [1.165, 1.54) is 23.8 Å². The molecule has 6 nitrogen and oxygen atoms in total. The molecule has 1 aliphatic heterocycles. The van der Waals surface area contributed by atoms with Gasteiger partial charge in [-0.25, -0.2) is 0 Å². The van der Waals surface area contributed by atoms with Crippen LogP contribution >= 0.6 is 24.0 Å². The van der Waals surface area contributed by atoms with Gasteiger partial charge < -0.3 is 9.47 Å². The number of rotatable bonds is 5. The topological polar surface area (TPSA) is 75.4 Å². The van der Waals surface area contributed by atoms with Gasteiger partial charge in [0.2, 0.25) is 0 Å². The van der Waals surface area contributed by atoms with Gasteiger partial charge in [0.25, 0.3) is 5.91 Å². The molecule has 2 aromatic rings. The summed E-state index contributed by atoms with van der Waals surface area (Å²) in [7, 11) is 1.51. The van der Waals surface area contributed by atoms with Crippen molar-refractivity contribution in [2.24, 2.45) is 0 Å². The van der Waals surface area contributed by atoms with Crippen molar-refractivity contribution in [3.8, 4) is 17.6 Å². The summed E-state index contributed by atoms with van der Waals surface area (Å²) in [4.78, 5) is 18.7. The third-order valence-corrected chi connectivity index (χ3v) is 4.78. The molecular weight excluding hydrogens is 370 g/mol. The summed E-state index contributed by atoms with van der Waals surface area (Å²) in [6.45, 7) is -0.0700. The number of thiocarbonyl (C=S) groups is 1. The summed E-state index contributed by atoms with van der Waals surface area (Å²) in [5.41, 5.74) is 1.40. The Morgan fingerprint density at radius 3 is 2.92 bits per heavy atom. The highest BCUT2D eigenvalue weighted by molar-refractivity contribution is 8.27. The average molecular weight is 383 g/mol. The molecule has 1 aromatic carbocycles. The molecule has 26 heavy (non-hydrogen) atoms. The molecule has 0 radical (unpaired) electrons. The summed E-state index contributed by atoms with van der Waals surface area (Å²) in [6, 6.07) is 10.7. The smallest absolute Gasteiger partial charge is 0.270 e. The number of anilines is 1. The molecule has 0 aliphatic carbocycles. The highest BCUT2D eigenvalue weighted by atomic mass is 32.2. The number of aromatic nitrogens is 1. The van der Waals surface area contributed by atoms with Crippen LogP contribution in [0.5, 0.6) is 11.5 Å². The Balaban J connectivity index is 1.88. The molecule has 130 valence electrons. The van der Waals surface area contributed by atoms with Gasteiger partial charge in [-0.3, -0.25) is 14.7 Å². The number of pyridine rings is 1. The molecule has 0 spiro atoms. The first-order valence-corrected chi connectivity index (χ1v) is 8.72. The van der Waals surface area contributed by atoms with E-state index in [9.17, 15) is 4.79 Å². The molecule has 0 N–H and O–H groups in total. The first-order chi connectivity index (χ1) is 12.6. The van der Waals surface area contributed by atoms with E-state index in [2.05, 4.69) is 4.98 Å². The highest BCUT2D eigenvalue weighted by Crippen LogP contribution is 2.36. The molecule has 1 saturated heterocycles. The number of carbonyl (C=O) groups excluding carboxylic acids is 1. The van der Waals surface area contributed by atoms with E-state index in [1.807, 2.05) is 6.07 Å². The third kappa shape index (κ3) is 3.69. The van der Waals surface area contributed by atoms with Crippen LogP contribution in [0.4, 0.5) is 5.69 Å². The Kier molecular flexibility index (Phi) is 5.51. The van der Waals surface area contributed by atoms with Crippen LogP contribution in [0.25, 0.3) is 6.08 Å². The molecule has 0 atom stereocenters. The van der Waals surface area contributed by atoms with Gasteiger partial charge in [-0.2, -0.15) is 5.26 Å². The van der Waals surface area contributed by atoms with Crippen molar-refractivity contribution in [3.05, 3.63) is 53.2 Å². The van der Waals surface area contributed by atoms with E-state index in [0.717, 1.165) is 5.56 Å². The molecule has 0 saturated carbocycles. The number of amides is 1. The first kappa shape index (κ1) is 17.9. The lowest BCUT2D eigenvalue weighted by Crippen LogP contribution is -2.27. The number of benzene rings is 1. The highest BCUT2D eigenvalue weighted by Gasteiger charge is 2.33. The van der Waals surface area contributed by atoms with Crippen molar-refractivity contribution in [3.63, 3.8) is 0 Å². The lowest BCUT2D eigenvalue weighted by Gasteiger charge is -2.13. The zero-order chi connectivity index (χ0) is 18.5. The Morgan fingerprint density at radius 2 is 2.23 bits per heavy atom. The van der Waals surface area contributed by atoms with Crippen molar-refractivity contribution in [1.82, 2.24) is 4.98 Å². The average Bonchev–Trinajstić information content (AvgIpc) is 2.94. The van der Waals surface area contributed by atoms with Gasteiger partial charge in [0.15, 0.2) is 22.4 Å². The largest absolute Gasteiger partial charge is 0.493 e. The number of ether oxygens (including phenoxy) is 2. The van der Waals surface area contributed by atoms with Crippen LogP contribution in [0, 0.1) is 11.3 Å². The summed E-state index contributed by atoms with van der Waals surface area (Å²) in [6.07, 6.45) is 4.98. The number of carbonyl (C=O) groups is 1. The Hall–Kier alpha value is -2.89. The van der Waals surface area contributed by atoms with Gasteiger partial charge in [-0.15, -0.1) is 0 Å². The number of nitriles is 1. The fraction of sp³-hybridized carbons (Fsp3) is 0.111. The van der Waals surface area contributed by atoms with Crippen LogP contribution in [-0.2, 0) is 4.79 Å². The summed E-state index contributed by atoms with van der Waals surface area (Å²) in [5, 5.41) is 8.62. The van der Waals surface area contributed by atoms with Crippen molar-refractivity contribution in [2.75, 3.05) is 18.6 Å². The second-order valence-corrected chi connectivity index (χ2v) is 6.76. The Labute approximate surface area is 160 Å². The van der Waals surface area contributed by atoms with Crippen LogP contribution < -0.4 is 14.4 Å². The maximum absolute atomic E-state index is 12.7. The Bertz CT molecular complexity index is 923. The van der Waals surface area contributed by atoms with Gasteiger partial charge in [0.1, 0.15) is 6.07 Å². The van der Waals surface area contributed by atoms with Gasteiger partial charge in [0.05, 0.1) is 23.9 Å². The maximum atomic E-state index is 12.7. The summed E-state index contributed by atoms with van der Waals surface area (Å²) >= 11 is 6.56. The van der Waals surface area contributed by atoms with Crippen LogP contribution in [0.2, 0.25) is 0 Å². The Morgan fingerprint density at radius 1 is 1.38 bits per heavy atom.